The van der Waals surface area contributed by atoms with Crippen molar-refractivity contribution in [2.45, 2.75) is 75.6 Å². The molecule has 2 N–H and O–H groups in total. The molecule has 2 aromatic rings. The number of amides is 2. The maximum atomic E-state index is 13.6. The average molecular weight is 470 g/mol. The van der Waals surface area contributed by atoms with E-state index < -0.39 is 23.8 Å². The first-order chi connectivity index (χ1) is 15.7. The van der Waals surface area contributed by atoms with Gasteiger partial charge in [0.05, 0.1) is 6.61 Å². The molecule has 0 unspecified atom stereocenters. The van der Waals surface area contributed by atoms with Gasteiger partial charge in [0.2, 0.25) is 11.8 Å². The SMILES string of the molecule is CC(C)(C)c1ccc(N(C(=O)[C@H](S)CO)[C@@H](C(=O)NC2CCCCC2)c2cccnc2)cc1. The molecule has 1 aromatic heterocycles. The first kappa shape index (κ1) is 25.2. The number of aliphatic hydroxyl groups excluding tert-OH is 1. The number of hydrogen-bond acceptors (Lipinski definition) is 5. The normalized spacial score (nSPS) is 16.6. The highest BCUT2D eigenvalue weighted by molar-refractivity contribution is 7.81. The zero-order valence-electron chi connectivity index (χ0n) is 19.7. The Labute approximate surface area is 202 Å². The quantitative estimate of drug-likeness (QED) is 0.531. The van der Waals surface area contributed by atoms with Crippen LogP contribution in [0.2, 0.25) is 0 Å². The van der Waals surface area contributed by atoms with Crippen LogP contribution < -0.4 is 10.2 Å². The summed E-state index contributed by atoms with van der Waals surface area (Å²) in [5, 5.41) is 11.9. The van der Waals surface area contributed by atoms with Gasteiger partial charge in [0, 0.05) is 29.7 Å². The fourth-order valence-corrected chi connectivity index (χ4v) is 4.37. The van der Waals surface area contributed by atoms with Crippen LogP contribution >= 0.6 is 12.6 Å². The molecule has 0 radical (unpaired) electrons. The molecule has 7 heteroatoms. The second kappa shape index (κ2) is 11.2. The Hall–Kier alpha value is -2.38. The number of benzene rings is 1. The van der Waals surface area contributed by atoms with Gasteiger partial charge in [0.15, 0.2) is 0 Å². The van der Waals surface area contributed by atoms with Crippen LogP contribution in [0, 0.1) is 0 Å². The molecular weight excluding hydrogens is 434 g/mol. The number of pyridine rings is 1. The molecule has 2 atom stereocenters. The molecule has 0 saturated heterocycles. The number of nitrogens with one attached hydrogen (secondary N) is 1. The van der Waals surface area contributed by atoms with Crippen molar-refractivity contribution in [1.29, 1.82) is 0 Å². The summed E-state index contributed by atoms with van der Waals surface area (Å²) in [6.45, 7) is 5.94. The van der Waals surface area contributed by atoms with E-state index >= 15 is 0 Å². The zero-order chi connectivity index (χ0) is 24.0. The molecule has 1 aliphatic carbocycles. The van der Waals surface area contributed by atoms with E-state index in [4.69, 9.17) is 0 Å². The number of aromatic nitrogens is 1. The Morgan fingerprint density at radius 2 is 1.82 bits per heavy atom. The van der Waals surface area contributed by atoms with Crippen LogP contribution in [0.1, 0.15) is 70.0 Å². The van der Waals surface area contributed by atoms with Crippen LogP contribution in [0.3, 0.4) is 0 Å². The zero-order valence-corrected chi connectivity index (χ0v) is 20.6. The Morgan fingerprint density at radius 3 is 2.36 bits per heavy atom. The highest BCUT2D eigenvalue weighted by Gasteiger charge is 2.36. The molecule has 3 rings (SSSR count). The minimum absolute atomic E-state index is 0.0499. The van der Waals surface area contributed by atoms with Crippen LogP contribution in [0.15, 0.2) is 48.8 Å². The summed E-state index contributed by atoms with van der Waals surface area (Å²) in [6.07, 6.45) is 8.48. The molecule has 6 nitrogen and oxygen atoms in total. The molecular formula is C26H35N3O3S. The highest BCUT2D eigenvalue weighted by atomic mass is 32.1. The van der Waals surface area contributed by atoms with Gasteiger partial charge in [-0.05, 0) is 42.0 Å². The molecule has 0 bridgehead atoms. The summed E-state index contributed by atoms with van der Waals surface area (Å²) in [4.78, 5) is 32.8. The number of anilines is 1. The molecule has 0 aliphatic heterocycles. The van der Waals surface area contributed by atoms with Crippen molar-refractivity contribution in [2.75, 3.05) is 11.5 Å². The third-order valence-corrected chi connectivity index (χ3v) is 6.55. The van der Waals surface area contributed by atoms with Gasteiger partial charge in [-0.1, -0.05) is 58.2 Å². The Balaban J connectivity index is 2.04. The molecule has 1 aromatic carbocycles. The maximum absolute atomic E-state index is 13.6. The van der Waals surface area contributed by atoms with Gasteiger partial charge < -0.3 is 10.4 Å². The monoisotopic (exact) mass is 469 g/mol. The molecule has 1 heterocycles. The van der Waals surface area contributed by atoms with Crippen molar-refractivity contribution < 1.29 is 14.7 Å². The van der Waals surface area contributed by atoms with E-state index in [1.165, 1.54) is 11.3 Å². The van der Waals surface area contributed by atoms with E-state index in [9.17, 15) is 14.7 Å². The van der Waals surface area contributed by atoms with E-state index in [2.05, 4.69) is 43.7 Å². The van der Waals surface area contributed by atoms with Crippen molar-refractivity contribution in [3.63, 3.8) is 0 Å². The number of carbonyl (C=O) groups is 2. The van der Waals surface area contributed by atoms with Gasteiger partial charge in [0.1, 0.15) is 11.3 Å². The van der Waals surface area contributed by atoms with Crippen molar-refractivity contribution in [2.24, 2.45) is 0 Å². The average Bonchev–Trinajstić information content (AvgIpc) is 2.82. The molecule has 1 fully saturated rings. The molecule has 178 valence electrons. The van der Waals surface area contributed by atoms with Crippen molar-refractivity contribution in [3.05, 3.63) is 59.9 Å². The Morgan fingerprint density at radius 1 is 1.15 bits per heavy atom. The Kier molecular flexibility index (Phi) is 8.54. The van der Waals surface area contributed by atoms with Gasteiger partial charge >= 0.3 is 0 Å². The number of nitrogens with zero attached hydrogens (tertiary/aromatic N) is 2. The fraction of sp³-hybridized carbons (Fsp3) is 0.500. The summed E-state index contributed by atoms with van der Waals surface area (Å²) in [5.74, 6) is -0.682. The van der Waals surface area contributed by atoms with Gasteiger partial charge in [-0.2, -0.15) is 12.6 Å². The number of thiol groups is 1. The van der Waals surface area contributed by atoms with Gasteiger partial charge in [-0.25, -0.2) is 0 Å². The third-order valence-electron chi connectivity index (χ3n) is 6.17. The van der Waals surface area contributed by atoms with Crippen LogP contribution in [-0.2, 0) is 15.0 Å². The second-order valence-electron chi connectivity index (χ2n) is 9.74. The lowest BCUT2D eigenvalue weighted by Crippen LogP contribution is -2.49. The van der Waals surface area contributed by atoms with E-state index in [1.54, 1.807) is 24.5 Å². The van der Waals surface area contributed by atoms with Crippen molar-refractivity contribution in [3.8, 4) is 0 Å². The molecule has 1 saturated carbocycles. The van der Waals surface area contributed by atoms with Gasteiger partial charge in [-0.15, -0.1) is 0 Å². The van der Waals surface area contributed by atoms with E-state index in [-0.39, 0.29) is 17.4 Å². The Bertz CT molecular complexity index is 922. The number of aliphatic hydroxyl groups is 1. The minimum atomic E-state index is -0.950. The number of rotatable bonds is 7. The lowest BCUT2D eigenvalue weighted by molar-refractivity contribution is -0.127. The first-order valence-electron chi connectivity index (χ1n) is 11.6. The molecule has 0 spiro atoms. The molecule has 2 amide bonds. The second-order valence-corrected chi connectivity index (χ2v) is 10.4. The van der Waals surface area contributed by atoms with Crippen molar-refractivity contribution >= 4 is 30.1 Å². The minimum Gasteiger partial charge on any atom is -0.395 e. The van der Waals surface area contributed by atoms with E-state index in [0.29, 0.717) is 11.3 Å². The van der Waals surface area contributed by atoms with Gasteiger partial charge in [0.25, 0.3) is 0 Å². The number of hydrogen-bond donors (Lipinski definition) is 3. The van der Waals surface area contributed by atoms with Crippen LogP contribution in [-0.4, -0.2) is 39.8 Å². The van der Waals surface area contributed by atoms with E-state index in [0.717, 1.165) is 31.2 Å². The lowest BCUT2D eigenvalue weighted by atomic mass is 9.87. The fourth-order valence-electron chi connectivity index (χ4n) is 4.25. The molecule has 33 heavy (non-hydrogen) atoms. The summed E-state index contributed by atoms with van der Waals surface area (Å²) >= 11 is 4.30. The summed E-state index contributed by atoms with van der Waals surface area (Å²) < 4.78 is 0. The van der Waals surface area contributed by atoms with E-state index in [1.807, 2.05) is 24.3 Å². The summed E-state index contributed by atoms with van der Waals surface area (Å²) in [5.41, 5.74) is 2.25. The topological polar surface area (TPSA) is 82.5 Å². The highest BCUT2D eigenvalue weighted by Crippen LogP contribution is 2.32. The largest absolute Gasteiger partial charge is 0.395 e. The number of carbonyl (C=O) groups excluding carboxylic acids is 2. The summed E-state index contributed by atoms with van der Waals surface area (Å²) in [7, 11) is 0. The van der Waals surface area contributed by atoms with Crippen LogP contribution in [0.4, 0.5) is 5.69 Å². The third kappa shape index (κ3) is 6.36. The van der Waals surface area contributed by atoms with Crippen LogP contribution in [0.25, 0.3) is 0 Å². The smallest absolute Gasteiger partial charge is 0.248 e. The van der Waals surface area contributed by atoms with Crippen molar-refractivity contribution in [1.82, 2.24) is 10.3 Å². The first-order valence-corrected chi connectivity index (χ1v) is 12.2. The summed E-state index contributed by atoms with van der Waals surface area (Å²) in [6, 6.07) is 10.4. The predicted octanol–water partition coefficient (Wildman–Crippen LogP) is 4.19. The lowest BCUT2D eigenvalue weighted by Gasteiger charge is -2.34. The standard InChI is InChI=1S/C26H35N3O3S/c1-26(2,3)19-11-13-21(14-12-19)29(25(32)22(33)17-30)23(18-8-7-15-27-16-18)24(31)28-20-9-5-4-6-10-20/h7-8,11-16,20,22-23,30,33H,4-6,9-10,17H2,1-3H3,(H,28,31)/t22-,23-/m1/s1. The molecule has 1 aliphatic rings. The van der Waals surface area contributed by atoms with Gasteiger partial charge in [-0.3, -0.25) is 19.5 Å². The predicted molar refractivity (Wildman–Crippen MR) is 134 cm³/mol. The maximum Gasteiger partial charge on any atom is 0.248 e. The van der Waals surface area contributed by atoms with Crippen LogP contribution in [0.5, 0.6) is 0 Å².